The highest BCUT2D eigenvalue weighted by atomic mass is 16.4. The Morgan fingerprint density at radius 1 is 1.12 bits per heavy atom. The zero-order valence-electron chi connectivity index (χ0n) is 14.3. The lowest BCUT2D eigenvalue weighted by atomic mass is 10.0. The number of unbranched alkanes of at least 4 members (excludes halogenated alkanes) is 2. The lowest BCUT2D eigenvalue weighted by molar-refractivity contribution is -0.149. The molecule has 0 saturated heterocycles. The third kappa shape index (κ3) is 7.26. The fourth-order valence-corrected chi connectivity index (χ4v) is 2.42. The molecule has 1 rings (SSSR count). The molecule has 1 aromatic carbocycles. The molecule has 0 heterocycles. The highest BCUT2D eigenvalue weighted by molar-refractivity contribution is 5.83. The average Bonchev–Trinajstić information content (AvgIpc) is 2.55. The SMILES string of the molecule is CC(=O)NCCCCCC(=O)N(C)C(Cc1ccccc1)C(=O)O. The van der Waals surface area contributed by atoms with Gasteiger partial charge in [-0.3, -0.25) is 9.59 Å². The summed E-state index contributed by atoms with van der Waals surface area (Å²) in [5, 5.41) is 12.1. The number of carboxylic acids is 1. The van der Waals surface area contributed by atoms with Crippen molar-refractivity contribution >= 4 is 17.8 Å². The molecule has 132 valence electrons. The van der Waals surface area contributed by atoms with E-state index in [-0.39, 0.29) is 11.8 Å². The Balaban J connectivity index is 2.43. The van der Waals surface area contributed by atoms with E-state index < -0.39 is 12.0 Å². The first-order valence-corrected chi connectivity index (χ1v) is 8.18. The number of nitrogens with one attached hydrogen (secondary N) is 1. The van der Waals surface area contributed by atoms with Crippen LogP contribution in [0.1, 0.15) is 38.2 Å². The molecule has 0 aliphatic heterocycles. The van der Waals surface area contributed by atoms with E-state index in [4.69, 9.17) is 0 Å². The van der Waals surface area contributed by atoms with Crippen LogP contribution < -0.4 is 5.32 Å². The second-order valence-electron chi connectivity index (χ2n) is 5.84. The normalized spacial score (nSPS) is 11.6. The number of aliphatic carboxylic acids is 1. The largest absolute Gasteiger partial charge is 0.480 e. The van der Waals surface area contributed by atoms with E-state index >= 15 is 0 Å². The van der Waals surface area contributed by atoms with Crippen molar-refractivity contribution in [1.29, 1.82) is 0 Å². The minimum atomic E-state index is -1.000. The number of amides is 2. The van der Waals surface area contributed by atoms with Crippen molar-refractivity contribution < 1.29 is 19.5 Å². The number of hydrogen-bond acceptors (Lipinski definition) is 3. The number of carbonyl (C=O) groups is 3. The van der Waals surface area contributed by atoms with Crippen LogP contribution in [0.25, 0.3) is 0 Å². The van der Waals surface area contributed by atoms with Gasteiger partial charge in [-0.15, -0.1) is 0 Å². The van der Waals surface area contributed by atoms with Crippen molar-refractivity contribution in [3.8, 4) is 0 Å². The van der Waals surface area contributed by atoms with Gasteiger partial charge in [0.2, 0.25) is 11.8 Å². The lowest BCUT2D eigenvalue weighted by Gasteiger charge is -2.25. The van der Waals surface area contributed by atoms with Gasteiger partial charge in [-0.2, -0.15) is 0 Å². The Morgan fingerprint density at radius 2 is 1.79 bits per heavy atom. The summed E-state index contributed by atoms with van der Waals surface area (Å²) in [5.74, 6) is -1.23. The van der Waals surface area contributed by atoms with Gasteiger partial charge in [0.05, 0.1) is 0 Å². The summed E-state index contributed by atoms with van der Waals surface area (Å²) in [4.78, 5) is 35.8. The molecule has 0 radical (unpaired) electrons. The number of likely N-dealkylation sites (N-methyl/N-ethyl adjacent to an activating group) is 1. The van der Waals surface area contributed by atoms with Crippen molar-refractivity contribution in [3.05, 3.63) is 35.9 Å². The van der Waals surface area contributed by atoms with Crippen molar-refractivity contribution in [3.63, 3.8) is 0 Å². The maximum absolute atomic E-state index is 12.2. The Bertz CT molecular complexity index is 545. The molecule has 6 nitrogen and oxygen atoms in total. The first-order chi connectivity index (χ1) is 11.4. The number of rotatable bonds is 10. The predicted molar refractivity (Wildman–Crippen MR) is 91.5 cm³/mol. The number of carbonyl (C=O) groups excluding carboxylic acids is 2. The molecule has 1 unspecified atom stereocenters. The summed E-state index contributed by atoms with van der Waals surface area (Å²) in [6, 6.07) is 8.43. The van der Waals surface area contributed by atoms with Crippen LogP contribution in [0.2, 0.25) is 0 Å². The van der Waals surface area contributed by atoms with Crippen molar-refractivity contribution in [2.45, 2.75) is 45.1 Å². The number of benzene rings is 1. The van der Waals surface area contributed by atoms with E-state index in [2.05, 4.69) is 5.32 Å². The second kappa shape index (κ2) is 10.4. The van der Waals surface area contributed by atoms with E-state index in [1.807, 2.05) is 30.3 Å². The zero-order valence-corrected chi connectivity index (χ0v) is 14.3. The number of nitrogens with zero attached hydrogens (tertiary/aromatic N) is 1. The van der Waals surface area contributed by atoms with Crippen LogP contribution >= 0.6 is 0 Å². The van der Waals surface area contributed by atoms with Crippen LogP contribution in [-0.4, -0.2) is 47.4 Å². The van der Waals surface area contributed by atoms with E-state index in [9.17, 15) is 19.5 Å². The fourth-order valence-electron chi connectivity index (χ4n) is 2.42. The monoisotopic (exact) mass is 334 g/mol. The quantitative estimate of drug-likeness (QED) is 0.639. The maximum Gasteiger partial charge on any atom is 0.326 e. The minimum absolute atomic E-state index is 0.0592. The molecule has 0 aliphatic carbocycles. The highest BCUT2D eigenvalue weighted by Gasteiger charge is 2.26. The van der Waals surface area contributed by atoms with Crippen LogP contribution in [0.3, 0.4) is 0 Å². The van der Waals surface area contributed by atoms with Gasteiger partial charge in [0.1, 0.15) is 6.04 Å². The molecule has 0 fully saturated rings. The molecule has 2 amide bonds. The second-order valence-corrected chi connectivity index (χ2v) is 5.84. The molecule has 1 atom stereocenters. The third-order valence-corrected chi connectivity index (χ3v) is 3.86. The maximum atomic E-state index is 12.2. The summed E-state index contributed by atoms with van der Waals surface area (Å²) in [6.07, 6.45) is 2.91. The average molecular weight is 334 g/mol. The first kappa shape index (κ1) is 19.7. The Labute approximate surface area is 142 Å². The molecule has 24 heavy (non-hydrogen) atoms. The van der Waals surface area contributed by atoms with Crippen LogP contribution in [0, 0.1) is 0 Å². The van der Waals surface area contributed by atoms with Gasteiger partial charge in [-0.1, -0.05) is 36.8 Å². The van der Waals surface area contributed by atoms with Gasteiger partial charge in [0.15, 0.2) is 0 Å². The zero-order chi connectivity index (χ0) is 17.9. The van der Waals surface area contributed by atoms with Gasteiger partial charge in [0.25, 0.3) is 0 Å². The van der Waals surface area contributed by atoms with Gasteiger partial charge < -0.3 is 15.3 Å². The van der Waals surface area contributed by atoms with Gasteiger partial charge in [0, 0.05) is 33.4 Å². The third-order valence-electron chi connectivity index (χ3n) is 3.86. The topological polar surface area (TPSA) is 86.7 Å². The molecule has 6 heteroatoms. The Kier molecular flexibility index (Phi) is 8.54. The highest BCUT2D eigenvalue weighted by Crippen LogP contribution is 2.11. The Morgan fingerprint density at radius 3 is 2.38 bits per heavy atom. The molecule has 0 spiro atoms. The standard InChI is InChI=1S/C18H26N2O4/c1-14(21)19-12-8-4-7-11-17(22)20(2)16(18(23)24)13-15-9-5-3-6-10-15/h3,5-6,9-10,16H,4,7-8,11-13H2,1-2H3,(H,19,21)(H,23,24). The molecular formula is C18H26N2O4. The van der Waals surface area contributed by atoms with E-state index in [0.29, 0.717) is 25.8 Å². The van der Waals surface area contributed by atoms with Gasteiger partial charge in [-0.05, 0) is 18.4 Å². The van der Waals surface area contributed by atoms with Gasteiger partial charge >= 0.3 is 5.97 Å². The molecular weight excluding hydrogens is 308 g/mol. The van der Waals surface area contributed by atoms with Gasteiger partial charge in [-0.25, -0.2) is 4.79 Å². The van der Waals surface area contributed by atoms with E-state index in [1.54, 1.807) is 7.05 Å². The van der Waals surface area contributed by atoms with Crippen LogP contribution in [0.4, 0.5) is 0 Å². The Hall–Kier alpha value is -2.37. The fraction of sp³-hybridized carbons (Fsp3) is 0.500. The molecule has 0 aliphatic rings. The summed E-state index contributed by atoms with van der Waals surface area (Å²) in [5.41, 5.74) is 0.889. The number of carboxylic acid groups (broad SMARTS) is 1. The molecule has 0 bridgehead atoms. The number of hydrogen-bond donors (Lipinski definition) is 2. The van der Waals surface area contributed by atoms with Crippen molar-refractivity contribution in [2.75, 3.05) is 13.6 Å². The van der Waals surface area contributed by atoms with Crippen LogP contribution in [-0.2, 0) is 20.8 Å². The molecule has 0 saturated carbocycles. The predicted octanol–water partition coefficient (Wildman–Crippen LogP) is 1.84. The summed E-state index contributed by atoms with van der Waals surface area (Å²) in [6.45, 7) is 2.07. The minimum Gasteiger partial charge on any atom is -0.480 e. The summed E-state index contributed by atoms with van der Waals surface area (Å²) in [7, 11) is 1.54. The van der Waals surface area contributed by atoms with Crippen LogP contribution in [0.5, 0.6) is 0 Å². The van der Waals surface area contributed by atoms with E-state index in [0.717, 1.165) is 18.4 Å². The summed E-state index contributed by atoms with van der Waals surface area (Å²) < 4.78 is 0. The van der Waals surface area contributed by atoms with E-state index in [1.165, 1.54) is 11.8 Å². The summed E-state index contributed by atoms with van der Waals surface area (Å²) >= 11 is 0. The van der Waals surface area contributed by atoms with Crippen LogP contribution in [0.15, 0.2) is 30.3 Å². The molecule has 2 N–H and O–H groups in total. The first-order valence-electron chi connectivity index (χ1n) is 8.18. The van der Waals surface area contributed by atoms with Crippen molar-refractivity contribution in [1.82, 2.24) is 10.2 Å². The molecule has 1 aromatic rings. The molecule has 0 aromatic heterocycles. The van der Waals surface area contributed by atoms with Crippen molar-refractivity contribution in [2.24, 2.45) is 0 Å². The lowest BCUT2D eigenvalue weighted by Crippen LogP contribution is -2.43. The smallest absolute Gasteiger partial charge is 0.326 e.